The summed E-state index contributed by atoms with van der Waals surface area (Å²) in [6, 6.07) is 2.02. The molecule has 18 heavy (non-hydrogen) atoms. The van der Waals surface area contributed by atoms with Crippen molar-refractivity contribution in [2.75, 3.05) is 11.9 Å². The Bertz CT molecular complexity index is 537. The Kier molecular flexibility index (Phi) is 5.17. The fourth-order valence-corrected chi connectivity index (χ4v) is 3.62. The maximum Gasteiger partial charge on any atom is 0.171 e. The smallest absolute Gasteiger partial charge is 0.171 e. The fraction of sp³-hybridized carbons (Fsp3) is 0.273. The zero-order valence-corrected chi connectivity index (χ0v) is 15.1. The highest BCUT2D eigenvalue weighted by molar-refractivity contribution is 9.13. The highest BCUT2D eigenvalue weighted by Gasteiger charge is 2.11. The molecule has 7 heteroatoms. The first-order valence-corrected chi connectivity index (χ1v) is 8.53. The average Bonchev–Trinajstić information content (AvgIpc) is 2.69. The largest absolute Gasteiger partial charge is 0.369 e. The first-order chi connectivity index (χ1) is 8.61. The Hall–Kier alpha value is 0.0200. The van der Waals surface area contributed by atoms with Gasteiger partial charge in [0.2, 0.25) is 0 Å². The molecule has 0 radical (unpaired) electrons. The zero-order valence-electron chi connectivity index (χ0n) is 9.51. The summed E-state index contributed by atoms with van der Waals surface area (Å²) in [5.41, 5.74) is 0. The summed E-state index contributed by atoms with van der Waals surface area (Å²) in [6.07, 6.45) is 2.84. The number of rotatable bonds is 4. The molecule has 2 aromatic heterocycles. The number of thiophene rings is 1. The average molecular weight is 456 g/mol. The molecular weight excluding hydrogens is 446 g/mol. The molecule has 0 unspecified atom stereocenters. The van der Waals surface area contributed by atoms with E-state index in [1.165, 1.54) is 0 Å². The molecule has 0 aromatic carbocycles. The van der Waals surface area contributed by atoms with Gasteiger partial charge >= 0.3 is 0 Å². The number of halogens is 3. The van der Waals surface area contributed by atoms with Gasteiger partial charge in [-0.05, 0) is 60.3 Å². The van der Waals surface area contributed by atoms with E-state index < -0.39 is 0 Å². The quantitative estimate of drug-likeness (QED) is 0.678. The van der Waals surface area contributed by atoms with E-state index in [0.29, 0.717) is 0 Å². The molecule has 0 aliphatic carbocycles. The van der Waals surface area contributed by atoms with Crippen LogP contribution in [0.25, 0.3) is 10.7 Å². The van der Waals surface area contributed by atoms with Crippen LogP contribution in [0, 0.1) is 0 Å². The van der Waals surface area contributed by atoms with Crippen LogP contribution in [0.5, 0.6) is 0 Å². The van der Waals surface area contributed by atoms with E-state index in [1.54, 1.807) is 17.5 Å². The lowest BCUT2D eigenvalue weighted by molar-refractivity contribution is 0.963. The van der Waals surface area contributed by atoms with Crippen LogP contribution in [0.4, 0.5) is 5.82 Å². The minimum Gasteiger partial charge on any atom is -0.369 e. The van der Waals surface area contributed by atoms with Gasteiger partial charge in [0, 0.05) is 17.2 Å². The zero-order chi connectivity index (χ0) is 13.1. The molecule has 2 heterocycles. The van der Waals surface area contributed by atoms with Crippen molar-refractivity contribution < 1.29 is 0 Å². The third kappa shape index (κ3) is 3.31. The molecule has 0 atom stereocenters. The molecule has 0 spiro atoms. The van der Waals surface area contributed by atoms with E-state index in [9.17, 15) is 0 Å². The highest BCUT2D eigenvalue weighted by atomic mass is 79.9. The molecule has 0 amide bonds. The summed E-state index contributed by atoms with van der Waals surface area (Å²) < 4.78 is 2.96. The second-order valence-corrected chi connectivity index (χ2v) is 7.63. The minimum atomic E-state index is 0.730. The standard InChI is InChI=1S/C11H10Br3N3S/c1-2-3-15-10-7(13)5-16-11(17-10)8-4-6(12)9(14)18-8/h4-5H,2-3H2,1H3,(H,15,16,17). The van der Waals surface area contributed by atoms with Crippen molar-refractivity contribution in [1.29, 1.82) is 0 Å². The summed E-state index contributed by atoms with van der Waals surface area (Å²) in [5.74, 6) is 1.57. The Morgan fingerprint density at radius 3 is 2.67 bits per heavy atom. The van der Waals surface area contributed by atoms with Crippen molar-refractivity contribution in [3.63, 3.8) is 0 Å². The lowest BCUT2D eigenvalue weighted by Gasteiger charge is -2.06. The van der Waals surface area contributed by atoms with E-state index in [0.717, 1.165) is 42.2 Å². The van der Waals surface area contributed by atoms with Crippen molar-refractivity contribution in [2.24, 2.45) is 0 Å². The van der Waals surface area contributed by atoms with Crippen LogP contribution in [0.15, 0.2) is 25.0 Å². The van der Waals surface area contributed by atoms with Crippen LogP contribution >= 0.6 is 59.1 Å². The van der Waals surface area contributed by atoms with Crippen LogP contribution in [0.1, 0.15) is 13.3 Å². The number of nitrogens with one attached hydrogen (secondary N) is 1. The second kappa shape index (κ2) is 6.45. The topological polar surface area (TPSA) is 37.8 Å². The van der Waals surface area contributed by atoms with Crippen molar-refractivity contribution in [3.8, 4) is 10.7 Å². The summed E-state index contributed by atoms with van der Waals surface area (Å²) in [5, 5.41) is 3.28. The summed E-state index contributed by atoms with van der Waals surface area (Å²) in [7, 11) is 0. The van der Waals surface area contributed by atoms with Gasteiger partial charge in [0.05, 0.1) is 13.1 Å². The maximum atomic E-state index is 4.53. The van der Waals surface area contributed by atoms with Gasteiger partial charge in [-0.25, -0.2) is 9.97 Å². The van der Waals surface area contributed by atoms with E-state index in [1.807, 2.05) is 6.07 Å². The number of aromatic nitrogens is 2. The van der Waals surface area contributed by atoms with E-state index >= 15 is 0 Å². The molecule has 0 saturated carbocycles. The highest BCUT2D eigenvalue weighted by Crippen LogP contribution is 2.37. The monoisotopic (exact) mass is 453 g/mol. The number of anilines is 1. The lowest BCUT2D eigenvalue weighted by atomic mass is 10.4. The van der Waals surface area contributed by atoms with Gasteiger partial charge in [-0.15, -0.1) is 11.3 Å². The molecule has 0 fully saturated rings. The lowest BCUT2D eigenvalue weighted by Crippen LogP contribution is -2.04. The number of hydrogen-bond acceptors (Lipinski definition) is 4. The van der Waals surface area contributed by atoms with E-state index in [-0.39, 0.29) is 0 Å². The third-order valence-electron chi connectivity index (χ3n) is 2.15. The molecule has 0 saturated heterocycles. The van der Waals surface area contributed by atoms with Crippen molar-refractivity contribution >= 4 is 64.9 Å². The fourth-order valence-electron chi connectivity index (χ4n) is 1.31. The Morgan fingerprint density at radius 2 is 2.06 bits per heavy atom. The van der Waals surface area contributed by atoms with Crippen molar-refractivity contribution in [2.45, 2.75) is 13.3 Å². The van der Waals surface area contributed by atoms with Crippen LogP contribution in [0.3, 0.4) is 0 Å². The Morgan fingerprint density at radius 1 is 1.28 bits per heavy atom. The molecule has 0 aliphatic heterocycles. The van der Waals surface area contributed by atoms with Crippen LogP contribution in [0.2, 0.25) is 0 Å². The van der Waals surface area contributed by atoms with Gasteiger partial charge in [-0.1, -0.05) is 6.92 Å². The molecule has 0 aliphatic rings. The van der Waals surface area contributed by atoms with Crippen LogP contribution in [-0.4, -0.2) is 16.5 Å². The molecule has 96 valence electrons. The van der Waals surface area contributed by atoms with Gasteiger partial charge in [0.15, 0.2) is 5.82 Å². The van der Waals surface area contributed by atoms with E-state index in [4.69, 9.17) is 0 Å². The predicted octanol–water partition coefficient (Wildman–Crippen LogP) is 5.31. The molecule has 2 rings (SSSR count). The SMILES string of the molecule is CCCNc1nc(-c2cc(Br)c(Br)s2)ncc1Br. The number of nitrogens with zero attached hydrogens (tertiary/aromatic N) is 2. The Balaban J connectivity index is 2.34. The van der Waals surface area contributed by atoms with Crippen molar-refractivity contribution in [1.82, 2.24) is 9.97 Å². The summed E-state index contributed by atoms with van der Waals surface area (Å²) in [6.45, 7) is 3.02. The predicted molar refractivity (Wildman–Crippen MR) is 87.2 cm³/mol. The summed E-state index contributed by atoms with van der Waals surface area (Å²) in [4.78, 5) is 9.91. The van der Waals surface area contributed by atoms with Gasteiger partial charge in [-0.3, -0.25) is 0 Å². The van der Waals surface area contributed by atoms with E-state index in [2.05, 4.69) is 70.0 Å². The van der Waals surface area contributed by atoms with Gasteiger partial charge in [-0.2, -0.15) is 0 Å². The Labute approximate surface area is 135 Å². The van der Waals surface area contributed by atoms with Gasteiger partial charge in [0.25, 0.3) is 0 Å². The summed E-state index contributed by atoms with van der Waals surface area (Å²) >= 11 is 12.0. The van der Waals surface area contributed by atoms with Gasteiger partial charge in [0.1, 0.15) is 5.82 Å². The minimum absolute atomic E-state index is 0.730. The van der Waals surface area contributed by atoms with Gasteiger partial charge < -0.3 is 5.32 Å². The van der Waals surface area contributed by atoms with Crippen LogP contribution < -0.4 is 5.32 Å². The molecule has 1 N–H and O–H groups in total. The second-order valence-electron chi connectivity index (χ2n) is 3.55. The normalized spacial score (nSPS) is 10.7. The van der Waals surface area contributed by atoms with Crippen LogP contribution in [-0.2, 0) is 0 Å². The molecule has 3 nitrogen and oxygen atoms in total. The third-order valence-corrected chi connectivity index (χ3v) is 5.98. The van der Waals surface area contributed by atoms with Crippen molar-refractivity contribution in [3.05, 3.63) is 25.0 Å². The maximum absolute atomic E-state index is 4.53. The number of hydrogen-bond donors (Lipinski definition) is 1. The molecule has 2 aromatic rings. The molecular formula is C11H10Br3N3S. The first kappa shape index (κ1) is 14.4. The first-order valence-electron chi connectivity index (χ1n) is 5.33. The molecule has 0 bridgehead atoms.